The van der Waals surface area contributed by atoms with Gasteiger partial charge in [0, 0.05) is 54.5 Å². The smallest absolute Gasteiger partial charge is 0.410 e. The summed E-state index contributed by atoms with van der Waals surface area (Å²) in [6.45, 7) is 21.4. The number of aromatic nitrogens is 6. The van der Waals surface area contributed by atoms with Crippen molar-refractivity contribution in [2.45, 2.75) is 92.5 Å². The molecule has 0 radical (unpaired) electrons. The van der Waals surface area contributed by atoms with E-state index in [-0.39, 0.29) is 25.3 Å². The van der Waals surface area contributed by atoms with Crippen molar-refractivity contribution in [1.29, 1.82) is 0 Å². The van der Waals surface area contributed by atoms with Crippen molar-refractivity contribution in [3.63, 3.8) is 0 Å². The minimum absolute atomic E-state index is 0.149. The van der Waals surface area contributed by atoms with Crippen LogP contribution in [0, 0.1) is 41.5 Å². The average molecular weight is 1040 g/mol. The van der Waals surface area contributed by atoms with E-state index in [9.17, 15) is 15.0 Å². The maximum absolute atomic E-state index is 12.5. The van der Waals surface area contributed by atoms with Crippen molar-refractivity contribution in [3.8, 4) is 56.8 Å². The molecule has 4 aromatic heterocycles. The molecule has 2 aromatic carbocycles. The molecule has 8 rings (SSSR count). The number of hydrogen-bond acceptors (Lipinski definition) is 20. The maximum Gasteiger partial charge on any atom is 0.410 e. The van der Waals surface area contributed by atoms with Crippen molar-refractivity contribution in [1.82, 2.24) is 51.1 Å². The first kappa shape index (κ1) is 56.0. The summed E-state index contributed by atoms with van der Waals surface area (Å²) in [5, 5.41) is 44.9. The first-order valence-corrected chi connectivity index (χ1v) is 25.8. The van der Waals surface area contributed by atoms with Crippen LogP contribution in [0.5, 0.6) is 11.5 Å². The van der Waals surface area contributed by atoms with Gasteiger partial charge in [-0.15, -0.1) is 0 Å². The molecule has 0 saturated carbocycles. The zero-order valence-corrected chi connectivity index (χ0v) is 44.7. The predicted molar refractivity (Wildman–Crippen MR) is 286 cm³/mol. The number of aliphatic hydroxyl groups is 2. The van der Waals surface area contributed by atoms with E-state index in [2.05, 4.69) is 36.9 Å². The van der Waals surface area contributed by atoms with Crippen molar-refractivity contribution >= 4 is 17.7 Å². The van der Waals surface area contributed by atoms with E-state index in [1.165, 1.54) is 0 Å². The number of anilines is 2. The lowest BCUT2D eigenvalue weighted by Gasteiger charge is -2.35. The van der Waals surface area contributed by atoms with E-state index in [0.29, 0.717) is 92.5 Å². The number of likely N-dealkylation sites (N-methyl/N-ethyl adjacent to an activating group) is 2. The van der Waals surface area contributed by atoms with Crippen LogP contribution in [-0.2, 0) is 9.47 Å². The standard InChI is InChI=1S/C28H38N6O6.C26H36N6O3/c1-6-38-28(36)34-10-11-37-15-21(34)13-30-26-17(2)25(24-18(3)33-40-19(24)4)31-27(32-26)20-8-7-9-23(12-20)39-16-22(35)14-29-5;1-5-27-14-21(33)15-34-22-8-6-7-19(13-22)26-30-24(23-17(3)32-35-18(23)4)16(2)25(31-26)29-20-9-11-28-12-10-20/h7-9,12,21-22,29,35H,6,10-11,13-16H2,1-5H3,(H,30,31,32);6-8,13,20-21,27-28,33H,5,9-12,14-15H2,1-4H3,(H,29,30,31). The van der Waals surface area contributed by atoms with Gasteiger partial charge in [-0.3, -0.25) is 4.90 Å². The molecule has 75 heavy (non-hydrogen) atoms. The minimum Gasteiger partial charge on any atom is -0.491 e. The quantitative estimate of drug-likeness (QED) is 0.0424. The summed E-state index contributed by atoms with van der Waals surface area (Å²) in [6, 6.07) is 15.2. The molecule has 21 nitrogen and oxygen atoms in total. The Morgan fingerprint density at radius 2 is 1.35 bits per heavy atom. The van der Waals surface area contributed by atoms with Gasteiger partial charge in [-0.2, -0.15) is 0 Å². The number of aliphatic hydroxyl groups excluding tert-OH is 2. The third-order valence-electron chi connectivity index (χ3n) is 12.9. The molecule has 2 aliphatic heterocycles. The number of nitrogens with zero attached hydrogens (tertiary/aromatic N) is 7. The average Bonchev–Trinajstić information content (AvgIpc) is 3.94. The number of nitrogens with one attached hydrogen (secondary N) is 5. The third-order valence-corrected chi connectivity index (χ3v) is 12.9. The van der Waals surface area contributed by atoms with Gasteiger partial charge in [-0.25, -0.2) is 24.7 Å². The highest BCUT2D eigenvalue weighted by Gasteiger charge is 2.30. The SMILES string of the molecule is CCNCC(O)COc1cccc(-c2nc(NC3CCNCC3)c(C)c(-c3c(C)noc3C)n2)c1.CCOC(=O)N1CCOCC1CNc1nc(-c2cccc(OCC(O)CNC)c2)nc(-c2c(C)noc2C)c1C. The fourth-order valence-corrected chi connectivity index (χ4v) is 8.88. The molecule has 0 aliphatic carbocycles. The fraction of sp³-hybridized carbons (Fsp3) is 0.500. The van der Waals surface area contributed by atoms with E-state index in [1.807, 2.05) is 97.0 Å². The van der Waals surface area contributed by atoms with Crippen LogP contribution in [0.25, 0.3) is 45.3 Å². The maximum atomic E-state index is 12.5. The monoisotopic (exact) mass is 1030 g/mol. The molecule has 2 fully saturated rings. The zero-order chi connectivity index (χ0) is 53.4. The van der Waals surface area contributed by atoms with E-state index in [4.69, 9.17) is 47.9 Å². The number of rotatable bonds is 21. The van der Waals surface area contributed by atoms with Crippen LogP contribution in [0.4, 0.5) is 16.4 Å². The Labute approximate surface area is 438 Å². The van der Waals surface area contributed by atoms with Crippen LogP contribution in [-0.4, -0.2) is 162 Å². The summed E-state index contributed by atoms with van der Waals surface area (Å²) in [7, 11) is 1.77. The normalized spacial score (nSPS) is 15.7. The topological polar surface area (TPSA) is 261 Å². The van der Waals surface area contributed by atoms with Gasteiger partial charge in [0.15, 0.2) is 11.6 Å². The van der Waals surface area contributed by atoms with Crippen molar-refractivity contribution < 1.29 is 43.0 Å². The Morgan fingerprint density at radius 1 is 0.787 bits per heavy atom. The van der Waals surface area contributed by atoms with E-state index >= 15 is 0 Å². The predicted octanol–water partition coefficient (Wildman–Crippen LogP) is 6.19. The lowest BCUT2D eigenvalue weighted by Crippen LogP contribution is -2.52. The summed E-state index contributed by atoms with van der Waals surface area (Å²) in [5.41, 5.74) is 8.11. The summed E-state index contributed by atoms with van der Waals surface area (Å²) in [4.78, 5) is 33.9. The fourth-order valence-electron chi connectivity index (χ4n) is 8.88. The van der Waals surface area contributed by atoms with Gasteiger partial charge in [0.05, 0.1) is 59.8 Å². The highest BCUT2D eigenvalue weighted by atomic mass is 16.6. The molecule has 404 valence electrons. The van der Waals surface area contributed by atoms with Gasteiger partial charge < -0.3 is 64.8 Å². The second-order valence-electron chi connectivity index (χ2n) is 18.7. The third kappa shape index (κ3) is 14.8. The van der Waals surface area contributed by atoms with Gasteiger partial charge in [-0.1, -0.05) is 41.5 Å². The first-order valence-electron chi connectivity index (χ1n) is 25.8. The first-order chi connectivity index (χ1) is 36.3. The molecule has 1 amide bonds. The van der Waals surface area contributed by atoms with Crippen LogP contribution in [0.2, 0.25) is 0 Å². The summed E-state index contributed by atoms with van der Waals surface area (Å²) in [5.74, 6) is 5.15. The largest absolute Gasteiger partial charge is 0.491 e. The number of piperidine rings is 1. The second-order valence-corrected chi connectivity index (χ2v) is 18.7. The lowest BCUT2D eigenvalue weighted by atomic mass is 10.0. The minimum atomic E-state index is -0.635. The molecule has 3 unspecified atom stereocenters. The summed E-state index contributed by atoms with van der Waals surface area (Å²) >= 11 is 0. The van der Waals surface area contributed by atoms with Crippen molar-refractivity contribution in [2.24, 2.45) is 0 Å². The molecule has 7 N–H and O–H groups in total. The Balaban J connectivity index is 0.000000221. The lowest BCUT2D eigenvalue weighted by molar-refractivity contribution is -0.00379. The number of carbonyl (C=O) groups excluding carboxylic acids is 1. The molecule has 2 saturated heterocycles. The van der Waals surface area contributed by atoms with Gasteiger partial charge in [0.1, 0.15) is 60.1 Å². The number of benzene rings is 2. The van der Waals surface area contributed by atoms with E-state index < -0.39 is 12.2 Å². The number of carbonyl (C=O) groups is 1. The molecular weight excluding hydrogens is 961 g/mol. The molecule has 0 bridgehead atoms. The van der Waals surface area contributed by atoms with Crippen molar-refractivity contribution in [3.05, 3.63) is 82.6 Å². The molecule has 0 spiro atoms. The van der Waals surface area contributed by atoms with Gasteiger partial charge in [0.25, 0.3) is 0 Å². The number of hydrogen-bond donors (Lipinski definition) is 7. The Kier molecular flexibility index (Phi) is 20.3. The van der Waals surface area contributed by atoms with E-state index in [0.717, 1.165) is 94.5 Å². The number of morpholine rings is 1. The molecule has 6 aromatic rings. The van der Waals surface area contributed by atoms with Gasteiger partial charge in [0.2, 0.25) is 0 Å². The molecule has 21 heteroatoms. The molecule has 2 aliphatic rings. The number of amides is 1. The van der Waals surface area contributed by atoms with Crippen LogP contribution in [0.15, 0.2) is 57.6 Å². The Hall–Kier alpha value is -6.75. The highest BCUT2D eigenvalue weighted by Crippen LogP contribution is 2.36. The zero-order valence-electron chi connectivity index (χ0n) is 44.7. The second kappa shape index (κ2) is 27.2. The highest BCUT2D eigenvalue weighted by molar-refractivity contribution is 5.76. The Morgan fingerprint density at radius 3 is 1.88 bits per heavy atom. The van der Waals surface area contributed by atoms with Gasteiger partial charge >= 0.3 is 6.09 Å². The summed E-state index contributed by atoms with van der Waals surface area (Å²) < 4.78 is 33.5. The number of ether oxygens (including phenoxy) is 4. The van der Waals surface area contributed by atoms with Crippen LogP contribution < -0.4 is 36.1 Å². The molecule has 3 atom stereocenters. The van der Waals surface area contributed by atoms with Crippen molar-refractivity contribution in [2.75, 3.05) is 96.5 Å². The molecule has 6 heterocycles. The van der Waals surface area contributed by atoms with E-state index in [1.54, 1.807) is 18.9 Å². The van der Waals surface area contributed by atoms with Gasteiger partial charge in [-0.05, 0) is 112 Å². The summed E-state index contributed by atoms with van der Waals surface area (Å²) in [6.07, 6.45) is 0.506. The van der Waals surface area contributed by atoms with Crippen LogP contribution >= 0.6 is 0 Å². The molecular formula is C54H74N12O9. The van der Waals surface area contributed by atoms with Crippen LogP contribution in [0.3, 0.4) is 0 Å². The number of aryl methyl sites for hydroxylation is 4. The van der Waals surface area contributed by atoms with Crippen LogP contribution in [0.1, 0.15) is 60.7 Å². The Bertz CT molecular complexity index is 2760.